The van der Waals surface area contributed by atoms with Crippen LogP contribution in [0.25, 0.3) is 0 Å². The smallest absolute Gasteiger partial charge is 0.335 e. The van der Waals surface area contributed by atoms with Gasteiger partial charge in [0.2, 0.25) is 6.04 Å². The highest BCUT2D eigenvalue weighted by atomic mass is 16.6. The standard InChI is InChI=1S/C14H25NO4/c1-5-18-12(16)11(13(17)19-14(2,3)4)15-9-7-6-8-10-15/h11H,5-10H2,1-4H3/t11-/m1/s1. The van der Waals surface area contributed by atoms with Gasteiger partial charge in [0.1, 0.15) is 5.60 Å². The third kappa shape index (κ3) is 5.19. The van der Waals surface area contributed by atoms with Gasteiger partial charge in [-0.1, -0.05) is 6.42 Å². The molecule has 0 radical (unpaired) electrons. The number of rotatable bonds is 4. The summed E-state index contributed by atoms with van der Waals surface area (Å²) in [5.41, 5.74) is -0.600. The average Bonchev–Trinajstić information content (AvgIpc) is 2.28. The van der Waals surface area contributed by atoms with Gasteiger partial charge in [-0.2, -0.15) is 0 Å². The number of likely N-dealkylation sites (tertiary alicyclic amines) is 1. The Morgan fingerprint density at radius 3 is 2.16 bits per heavy atom. The lowest BCUT2D eigenvalue weighted by Crippen LogP contribution is -2.51. The molecule has 1 heterocycles. The van der Waals surface area contributed by atoms with Crippen LogP contribution in [0.2, 0.25) is 0 Å². The Bertz CT molecular complexity index is 316. The van der Waals surface area contributed by atoms with Gasteiger partial charge < -0.3 is 9.47 Å². The predicted octanol–water partition coefficient (Wildman–Crippen LogP) is 1.75. The van der Waals surface area contributed by atoms with Crippen LogP contribution in [0.5, 0.6) is 0 Å². The molecule has 0 unspecified atom stereocenters. The van der Waals surface area contributed by atoms with Crippen LogP contribution in [-0.2, 0) is 19.1 Å². The molecule has 1 aliphatic rings. The van der Waals surface area contributed by atoms with Crippen molar-refractivity contribution < 1.29 is 19.1 Å². The molecule has 110 valence electrons. The normalized spacial score (nSPS) is 18.7. The topological polar surface area (TPSA) is 55.8 Å². The van der Waals surface area contributed by atoms with E-state index < -0.39 is 23.6 Å². The molecule has 1 atom stereocenters. The molecule has 19 heavy (non-hydrogen) atoms. The van der Waals surface area contributed by atoms with Crippen molar-refractivity contribution in [2.75, 3.05) is 19.7 Å². The fourth-order valence-electron chi connectivity index (χ4n) is 2.15. The quantitative estimate of drug-likeness (QED) is 0.576. The molecule has 0 saturated carbocycles. The Balaban J connectivity index is 2.78. The zero-order valence-electron chi connectivity index (χ0n) is 12.4. The van der Waals surface area contributed by atoms with E-state index >= 15 is 0 Å². The molecule has 0 spiro atoms. The number of ether oxygens (including phenoxy) is 2. The fraction of sp³-hybridized carbons (Fsp3) is 0.857. The first-order valence-corrected chi connectivity index (χ1v) is 6.98. The summed E-state index contributed by atoms with van der Waals surface area (Å²) < 4.78 is 10.4. The van der Waals surface area contributed by atoms with Crippen LogP contribution in [0.15, 0.2) is 0 Å². The third-order valence-electron chi connectivity index (χ3n) is 2.90. The van der Waals surface area contributed by atoms with Gasteiger partial charge in [-0.05, 0) is 53.6 Å². The summed E-state index contributed by atoms with van der Waals surface area (Å²) in [4.78, 5) is 26.1. The zero-order valence-corrected chi connectivity index (χ0v) is 12.4. The molecular weight excluding hydrogens is 246 g/mol. The Morgan fingerprint density at radius 1 is 1.11 bits per heavy atom. The number of esters is 2. The van der Waals surface area contributed by atoms with E-state index in [1.165, 1.54) is 0 Å². The summed E-state index contributed by atoms with van der Waals surface area (Å²) in [6.45, 7) is 8.87. The third-order valence-corrected chi connectivity index (χ3v) is 2.90. The molecule has 1 fully saturated rings. The second-order valence-corrected chi connectivity index (χ2v) is 5.78. The second-order valence-electron chi connectivity index (χ2n) is 5.78. The lowest BCUT2D eigenvalue weighted by molar-refractivity contribution is -0.171. The number of nitrogens with zero attached hydrogens (tertiary/aromatic N) is 1. The van der Waals surface area contributed by atoms with Gasteiger partial charge in [0.15, 0.2) is 0 Å². The highest BCUT2D eigenvalue weighted by Crippen LogP contribution is 2.17. The lowest BCUT2D eigenvalue weighted by Gasteiger charge is -2.33. The summed E-state index contributed by atoms with van der Waals surface area (Å²) in [6, 6.07) is -0.917. The highest BCUT2D eigenvalue weighted by Gasteiger charge is 2.37. The summed E-state index contributed by atoms with van der Waals surface area (Å²) in [6.07, 6.45) is 3.14. The first kappa shape index (κ1) is 16.0. The van der Waals surface area contributed by atoms with Gasteiger partial charge >= 0.3 is 11.9 Å². The van der Waals surface area contributed by atoms with E-state index in [-0.39, 0.29) is 6.61 Å². The van der Waals surface area contributed by atoms with E-state index in [0.717, 1.165) is 32.4 Å². The minimum Gasteiger partial charge on any atom is -0.464 e. The molecule has 0 amide bonds. The van der Waals surface area contributed by atoms with E-state index in [1.807, 2.05) is 4.90 Å². The van der Waals surface area contributed by atoms with Crippen molar-refractivity contribution in [1.82, 2.24) is 4.90 Å². The maximum atomic E-state index is 12.2. The number of hydrogen-bond acceptors (Lipinski definition) is 5. The van der Waals surface area contributed by atoms with Gasteiger partial charge in [0, 0.05) is 0 Å². The van der Waals surface area contributed by atoms with Crippen molar-refractivity contribution in [2.45, 2.75) is 58.6 Å². The first-order chi connectivity index (χ1) is 8.85. The van der Waals surface area contributed by atoms with Crippen LogP contribution in [0, 0.1) is 0 Å². The molecule has 0 aromatic heterocycles. The van der Waals surface area contributed by atoms with Crippen molar-refractivity contribution in [3.63, 3.8) is 0 Å². The summed E-state index contributed by atoms with van der Waals surface area (Å²) in [5, 5.41) is 0. The SMILES string of the molecule is CCOC(=O)[C@H](C(=O)OC(C)(C)C)N1CCCCC1. The Morgan fingerprint density at radius 2 is 1.68 bits per heavy atom. The van der Waals surface area contributed by atoms with Crippen LogP contribution >= 0.6 is 0 Å². The number of hydrogen-bond donors (Lipinski definition) is 0. The van der Waals surface area contributed by atoms with Gasteiger partial charge in [-0.15, -0.1) is 0 Å². The van der Waals surface area contributed by atoms with Crippen molar-refractivity contribution >= 4 is 11.9 Å². The van der Waals surface area contributed by atoms with Crippen molar-refractivity contribution in [3.8, 4) is 0 Å². The monoisotopic (exact) mass is 271 g/mol. The van der Waals surface area contributed by atoms with E-state index in [2.05, 4.69) is 0 Å². The fourth-order valence-corrected chi connectivity index (χ4v) is 2.15. The number of carbonyl (C=O) groups excluding carboxylic acids is 2. The lowest BCUT2D eigenvalue weighted by atomic mass is 10.1. The van der Waals surface area contributed by atoms with Gasteiger partial charge in [-0.25, -0.2) is 9.59 Å². The minimum absolute atomic E-state index is 0.270. The van der Waals surface area contributed by atoms with E-state index in [0.29, 0.717) is 0 Å². The van der Waals surface area contributed by atoms with Gasteiger partial charge in [-0.3, -0.25) is 4.90 Å². The molecule has 0 bridgehead atoms. The van der Waals surface area contributed by atoms with Gasteiger partial charge in [0.05, 0.1) is 6.61 Å². The van der Waals surface area contributed by atoms with E-state index in [9.17, 15) is 9.59 Å². The van der Waals surface area contributed by atoms with Crippen LogP contribution < -0.4 is 0 Å². The molecule has 1 rings (SSSR count). The summed E-state index contributed by atoms with van der Waals surface area (Å²) in [5.74, 6) is -1.01. The molecule has 0 aromatic carbocycles. The van der Waals surface area contributed by atoms with Crippen molar-refractivity contribution in [1.29, 1.82) is 0 Å². The minimum atomic E-state index is -0.917. The molecule has 0 aliphatic carbocycles. The maximum Gasteiger partial charge on any atom is 0.335 e. The molecular formula is C14H25NO4. The summed E-state index contributed by atoms with van der Waals surface area (Å²) >= 11 is 0. The second kappa shape index (κ2) is 6.89. The number of piperidine rings is 1. The molecule has 0 aromatic rings. The first-order valence-electron chi connectivity index (χ1n) is 6.98. The van der Waals surface area contributed by atoms with Crippen LogP contribution in [0.1, 0.15) is 47.0 Å². The van der Waals surface area contributed by atoms with Crippen molar-refractivity contribution in [3.05, 3.63) is 0 Å². The van der Waals surface area contributed by atoms with Crippen LogP contribution in [-0.4, -0.2) is 48.2 Å². The van der Waals surface area contributed by atoms with Crippen LogP contribution in [0.3, 0.4) is 0 Å². The molecule has 5 heteroatoms. The molecule has 1 saturated heterocycles. The Kier molecular flexibility index (Phi) is 5.79. The Labute approximate surface area is 115 Å². The molecule has 1 aliphatic heterocycles. The molecule has 5 nitrogen and oxygen atoms in total. The summed E-state index contributed by atoms with van der Waals surface area (Å²) in [7, 11) is 0. The van der Waals surface area contributed by atoms with E-state index in [4.69, 9.17) is 9.47 Å². The Hall–Kier alpha value is -1.10. The maximum absolute atomic E-state index is 12.2. The average molecular weight is 271 g/mol. The van der Waals surface area contributed by atoms with E-state index in [1.54, 1.807) is 27.7 Å². The highest BCUT2D eigenvalue weighted by molar-refractivity contribution is 5.99. The number of carbonyl (C=O) groups is 2. The molecule has 0 N–H and O–H groups in total. The largest absolute Gasteiger partial charge is 0.464 e. The van der Waals surface area contributed by atoms with Crippen LogP contribution in [0.4, 0.5) is 0 Å². The van der Waals surface area contributed by atoms with Gasteiger partial charge in [0.25, 0.3) is 0 Å². The van der Waals surface area contributed by atoms with Crippen molar-refractivity contribution in [2.24, 2.45) is 0 Å². The predicted molar refractivity (Wildman–Crippen MR) is 71.7 cm³/mol. The zero-order chi connectivity index (χ0) is 14.5.